The van der Waals surface area contributed by atoms with Gasteiger partial charge in [0.25, 0.3) is 0 Å². The SMILES string of the molecule is CNc1ncnc(Oc2ccc(F)cc2F)c1Br. The molecule has 0 radical (unpaired) electrons. The Morgan fingerprint density at radius 1 is 1.28 bits per heavy atom. The van der Waals surface area contributed by atoms with Crippen molar-refractivity contribution in [2.24, 2.45) is 0 Å². The monoisotopic (exact) mass is 315 g/mol. The summed E-state index contributed by atoms with van der Waals surface area (Å²) in [6, 6.07) is 3.04. The van der Waals surface area contributed by atoms with Gasteiger partial charge in [-0.2, -0.15) is 0 Å². The molecule has 2 rings (SSSR count). The predicted octanol–water partition coefficient (Wildman–Crippen LogP) is 3.35. The van der Waals surface area contributed by atoms with Gasteiger partial charge in [0, 0.05) is 13.1 Å². The molecule has 0 aliphatic carbocycles. The largest absolute Gasteiger partial charge is 0.435 e. The second-order valence-corrected chi connectivity index (χ2v) is 4.06. The molecule has 0 aliphatic rings. The van der Waals surface area contributed by atoms with E-state index >= 15 is 0 Å². The summed E-state index contributed by atoms with van der Waals surface area (Å²) >= 11 is 3.23. The van der Waals surface area contributed by atoms with Crippen LogP contribution in [0.1, 0.15) is 0 Å². The highest BCUT2D eigenvalue weighted by Gasteiger charge is 2.12. The van der Waals surface area contributed by atoms with Gasteiger partial charge < -0.3 is 10.1 Å². The number of ether oxygens (including phenoxy) is 1. The summed E-state index contributed by atoms with van der Waals surface area (Å²) in [4.78, 5) is 7.80. The Hall–Kier alpha value is -1.76. The third-order valence-corrected chi connectivity index (χ3v) is 2.81. The van der Waals surface area contributed by atoms with Crippen molar-refractivity contribution >= 4 is 21.7 Å². The molecule has 0 unspecified atom stereocenters. The molecule has 1 aromatic carbocycles. The van der Waals surface area contributed by atoms with Crippen molar-refractivity contribution < 1.29 is 13.5 Å². The lowest BCUT2D eigenvalue weighted by Gasteiger charge is -2.09. The van der Waals surface area contributed by atoms with Crippen LogP contribution in [0, 0.1) is 11.6 Å². The van der Waals surface area contributed by atoms with Crippen molar-refractivity contribution in [2.45, 2.75) is 0 Å². The van der Waals surface area contributed by atoms with Crippen molar-refractivity contribution in [3.05, 3.63) is 40.6 Å². The highest BCUT2D eigenvalue weighted by Crippen LogP contribution is 2.32. The summed E-state index contributed by atoms with van der Waals surface area (Å²) in [5.74, 6) is -0.940. The first kappa shape index (κ1) is 12.7. The Morgan fingerprint density at radius 3 is 2.72 bits per heavy atom. The normalized spacial score (nSPS) is 10.2. The molecule has 1 N–H and O–H groups in total. The van der Waals surface area contributed by atoms with Gasteiger partial charge in [0.2, 0.25) is 5.88 Å². The number of benzene rings is 1. The molecule has 0 amide bonds. The predicted molar refractivity (Wildman–Crippen MR) is 65.7 cm³/mol. The molecule has 4 nitrogen and oxygen atoms in total. The Kier molecular flexibility index (Phi) is 3.71. The molecule has 2 aromatic rings. The summed E-state index contributed by atoms with van der Waals surface area (Å²) in [6.07, 6.45) is 1.27. The maximum absolute atomic E-state index is 13.4. The van der Waals surface area contributed by atoms with Crippen molar-refractivity contribution in [2.75, 3.05) is 12.4 Å². The molecular formula is C11H8BrF2N3O. The molecule has 0 saturated carbocycles. The first-order valence-electron chi connectivity index (χ1n) is 4.93. The molecule has 94 valence electrons. The average Bonchev–Trinajstić information content (AvgIpc) is 2.35. The zero-order chi connectivity index (χ0) is 13.1. The van der Waals surface area contributed by atoms with E-state index in [1.165, 1.54) is 12.4 Å². The number of rotatable bonds is 3. The minimum atomic E-state index is -0.800. The van der Waals surface area contributed by atoms with Crippen LogP contribution < -0.4 is 10.1 Å². The van der Waals surface area contributed by atoms with Crippen molar-refractivity contribution in [1.29, 1.82) is 0 Å². The Bertz CT molecular complexity index is 580. The number of aromatic nitrogens is 2. The third-order valence-electron chi connectivity index (χ3n) is 2.09. The van der Waals surface area contributed by atoms with Crippen LogP contribution in [0.4, 0.5) is 14.6 Å². The van der Waals surface area contributed by atoms with Crippen molar-refractivity contribution in [3.8, 4) is 11.6 Å². The number of nitrogens with zero attached hydrogens (tertiary/aromatic N) is 2. The van der Waals surface area contributed by atoms with Crippen LogP contribution in [0.3, 0.4) is 0 Å². The van der Waals surface area contributed by atoms with Crippen LogP contribution in [-0.4, -0.2) is 17.0 Å². The van der Waals surface area contributed by atoms with E-state index < -0.39 is 11.6 Å². The molecular weight excluding hydrogens is 308 g/mol. The standard InChI is InChI=1S/C11H8BrF2N3O/c1-15-10-9(12)11(17-5-16-10)18-8-3-2-6(13)4-7(8)14/h2-5H,1H3,(H,15,16,17). The first-order valence-corrected chi connectivity index (χ1v) is 5.72. The van der Waals surface area contributed by atoms with Gasteiger partial charge in [-0.25, -0.2) is 18.7 Å². The van der Waals surface area contributed by atoms with Crippen LogP contribution in [0.25, 0.3) is 0 Å². The maximum atomic E-state index is 13.4. The topological polar surface area (TPSA) is 47.0 Å². The van der Waals surface area contributed by atoms with E-state index in [9.17, 15) is 8.78 Å². The molecule has 1 aromatic heterocycles. The van der Waals surface area contributed by atoms with Gasteiger partial charge in [-0.15, -0.1) is 0 Å². The maximum Gasteiger partial charge on any atom is 0.239 e. The molecule has 1 heterocycles. The van der Waals surface area contributed by atoms with Gasteiger partial charge in [0.05, 0.1) is 0 Å². The van der Waals surface area contributed by atoms with E-state index in [0.29, 0.717) is 10.3 Å². The number of anilines is 1. The zero-order valence-corrected chi connectivity index (χ0v) is 10.8. The second kappa shape index (κ2) is 5.26. The second-order valence-electron chi connectivity index (χ2n) is 3.27. The van der Waals surface area contributed by atoms with E-state index in [2.05, 4.69) is 31.2 Å². The average molecular weight is 316 g/mol. The molecule has 0 aliphatic heterocycles. The Balaban J connectivity index is 2.34. The van der Waals surface area contributed by atoms with Crippen LogP contribution in [0.2, 0.25) is 0 Å². The van der Waals surface area contributed by atoms with Crippen molar-refractivity contribution in [3.63, 3.8) is 0 Å². The molecule has 18 heavy (non-hydrogen) atoms. The lowest BCUT2D eigenvalue weighted by atomic mass is 10.3. The van der Waals surface area contributed by atoms with E-state index in [1.54, 1.807) is 7.05 Å². The van der Waals surface area contributed by atoms with Gasteiger partial charge in [0.1, 0.15) is 22.4 Å². The Morgan fingerprint density at radius 2 is 2.06 bits per heavy atom. The third kappa shape index (κ3) is 2.56. The summed E-state index contributed by atoms with van der Waals surface area (Å²) in [6.45, 7) is 0. The van der Waals surface area contributed by atoms with Crippen LogP contribution in [-0.2, 0) is 0 Å². The van der Waals surface area contributed by atoms with Crippen LogP contribution in [0.5, 0.6) is 11.6 Å². The summed E-state index contributed by atoms with van der Waals surface area (Å²) in [5, 5.41) is 2.81. The number of nitrogens with one attached hydrogen (secondary N) is 1. The highest BCUT2D eigenvalue weighted by atomic mass is 79.9. The molecule has 0 spiro atoms. The Labute approximate surface area is 110 Å². The quantitative estimate of drug-likeness (QED) is 0.943. The highest BCUT2D eigenvalue weighted by molar-refractivity contribution is 9.10. The number of halogens is 3. The van der Waals surface area contributed by atoms with E-state index in [-0.39, 0.29) is 11.6 Å². The molecule has 0 bridgehead atoms. The minimum Gasteiger partial charge on any atom is -0.435 e. The molecule has 0 atom stereocenters. The van der Waals surface area contributed by atoms with E-state index in [0.717, 1.165) is 12.1 Å². The van der Waals surface area contributed by atoms with Gasteiger partial charge in [-0.1, -0.05) is 0 Å². The fraction of sp³-hybridized carbons (Fsp3) is 0.0909. The van der Waals surface area contributed by atoms with Crippen LogP contribution in [0.15, 0.2) is 29.0 Å². The van der Waals surface area contributed by atoms with Gasteiger partial charge in [-0.3, -0.25) is 0 Å². The summed E-state index contributed by atoms with van der Waals surface area (Å²) in [7, 11) is 1.68. The van der Waals surface area contributed by atoms with Gasteiger partial charge >= 0.3 is 0 Å². The summed E-state index contributed by atoms with van der Waals surface area (Å²) in [5.41, 5.74) is 0. The molecule has 7 heteroatoms. The summed E-state index contributed by atoms with van der Waals surface area (Å²) < 4.78 is 31.9. The van der Waals surface area contributed by atoms with Gasteiger partial charge in [-0.05, 0) is 28.1 Å². The fourth-order valence-electron chi connectivity index (χ4n) is 1.26. The van der Waals surface area contributed by atoms with E-state index in [4.69, 9.17) is 4.74 Å². The zero-order valence-electron chi connectivity index (χ0n) is 9.25. The van der Waals surface area contributed by atoms with Gasteiger partial charge in [0.15, 0.2) is 11.6 Å². The number of hydrogen-bond acceptors (Lipinski definition) is 4. The molecule has 0 fully saturated rings. The smallest absolute Gasteiger partial charge is 0.239 e. The van der Waals surface area contributed by atoms with Crippen LogP contribution >= 0.6 is 15.9 Å². The fourth-order valence-corrected chi connectivity index (χ4v) is 1.75. The first-order chi connectivity index (χ1) is 8.61. The number of hydrogen-bond donors (Lipinski definition) is 1. The lowest BCUT2D eigenvalue weighted by molar-refractivity contribution is 0.420. The lowest BCUT2D eigenvalue weighted by Crippen LogP contribution is -1.98. The minimum absolute atomic E-state index is 0.113. The van der Waals surface area contributed by atoms with E-state index in [1.807, 2.05) is 0 Å². The molecule has 0 saturated heterocycles. The van der Waals surface area contributed by atoms with Crippen molar-refractivity contribution in [1.82, 2.24) is 9.97 Å².